The monoisotopic (exact) mass is 344 g/mol. The molecule has 0 aliphatic heterocycles. The van der Waals surface area contributed by atoms with Crippen LogP contribution < -0.4 is 10.5 Å². The van der Waals surface area contributed by atoms with Crippen molar-refractivity contribution in [2.75, 3.05) is 25.6 Å². The summed E-state index contributed by atoms with van der Waals surface area (Å²) in [7, 11) is 0. The molecule has 0 fully saturated rings. The molecular weight excluding hydrogens is 320 g/mol. The Kier molecular flexibility index (Phi) is 5.35. The highest BCUT2D eigenvalue weighted by molar-refractivity contribution is 6.09. The summed E-state index contributed by atoms with van der Waals surface area (Å²) in [5.74, 6) is 1.84. The molecule has 0 radical (unpaired) electrons. The first-order valence-corrected chi connectivity index (χ1v) is 8.49. The lowest BCUT2D eigenvalue weighted by Crippen LogP contribution is -2.11. The first-order valence-electron chi connectivity index (χ1n) is 8.49. The molecule has 0 bridgehead atoms. The summed E-state index contributed by atoms with van der Waals surface area (Å²) in [6.45, 7) is 7.95. The number of nitrogen functional groups attached to an aromatic ring is 1. The standard InChI is InChI=1S/C18H24N4O3/c1-4-23-10-14-21-16-15-12(20-18(19)17(16)22-14)6-5-7-13(15)25-9-8-24-11(2)3/h5-7,11H,4,8-10H2,1-3H3,(H2,19,20)(H,21,22). The summed E-state index contributed by atoms with van der Waals surface area (Å²) >= 11 is 0. The van der Waals surface area contributed by atoms with E-state index < -0.39 is 0 Å². The Bertz CT molecular complexity index is 860. The minimum atomic E-state index is 0.179. The number of aromatic nitrogens is 3. The molecule has 0 saturated carbocycles. The predicted molar refractivity (Wildman–Crippen MR) is 97.7 cm³/mol. The van der Waals surface area contributed by atoms with Crippen LogP contribution in [0.15, 0.2) is 18.2 Å². The Balaban J connectivity index is 1.98. The van der Waals surface area contributed by atoms with Crippen molar-refractivity contribution in [1.82, 2.24) is 15.0 Å². The average molecular weight is 344 g/mol. The zero-order valence-electron chi connectivity index (χ0n) is 14.8. The third kappa shape index (κ3) is 3.83. The Morgan fingerprint density at radius 2 is 2.04 bits per heavy atom. The fourth-order valence-electron chi connectivity index (χ4n) is 2.66. The molecule has 0 saturated heterocycles. The zero-order chi connectivity index (χ0) is 17.8. The van der Waals surface area contributed by atoms with Crippen molar-refractivity contribution in [3.05, 3.63) is 24.0 Å². The number of anilines is 1. The molecule has 134 valence electrons. The molecule has 0 amide bonds. The van der Waals surface area contributed by atoms with Crippen molar-refractivity contribution in [2.45, 2.75) is 33.5 Å². The number of hydrogen-bond acceptors (Lipinski definition) is 6. The van der Waals surface area contributed by atoms with E-state index in [1.54, 1.807) is 0 Å². The second kappa shape index (κ2) is 7.67. The molecule has 7 nitrogen and oxygen atoms in total. The van der Waals surface area contributed by atoms with Gasteiger partial charge in [-0.25, -0.2) is 9.97 Å². The fraction of sp³-hybridized carbons (Fsp3) is 0.444. The van der Waals surface area contributed by atoms with Crippen LogP contribution in [0.1, 0.15) is 26.6 Å². The van der Waals surface area contributed by atoms with E-state index in [0.29, 0.717) is 37.8 Å². The van der Waals surface area contributed by atoms with Gasteiger partial charge in [-0.1, -0.05) is 6.07 Å². The first-order chi connectivity index (χ1) is 12.1. The molecule has 2 aromatic heterocycles. The molecule has 7 heteroatoms. The third-order valence-electron chi connectivity index (χ3n) is 3.73. The van der Waals surface area contributed by atoms with E-state index in [1.807, 2.05) is 39.0 Å². The molecule has 0 atom stereocenters. The molecule has 0 unspecified atom stereocenters. The molecule has 0 aliphatic carbocycles. The molecule has 0 spiro atoms. The van der Waals surface area contributed by atoms with E-state index in [4.69, 9.17) is 19.9 Å². The maximum absolute atomic E-state index is 6.07. The van der Waals surface area contributed by atoms with Gasteiger partial charge in [-0.3, -0.25) is 0 Å². The second-order valence-electron chi connectivity index (χ2n) is 5.96. The summed E-state index contributed by atoms with van der Waals surface area (Å²) in [5, 5.41) is 0.867. The molecule has 3 rings (SSSR count). The van der Waals surface area contributed by atoms with E-state index >= 15 is 0 Å². The largest absolute Gasteiger partial charge is 0.490 e. The Morgan fingerprint density at radius 3 is 2.80 bits per heavy atom. The van der Waals surface area contributed by atoms with E-state index in [1.165, 1.54) is 0 Å². The fourth-order valence-corrected chi connectivity index (χ4v) is 2.66. The van der Waals surface area contributed by atoms with Gasteiger partial charge in [-0.05, 0) is 32.9 Å². The van der Waals surface area contributed by atoms with Gasteiger partial charge >= 0.3 is 0 Å². The van der Waals surface area contributed by atoms with Gasteiger partial charge in [0.2, 0.25) is 0 Å². The zero-order valence-corrected chi connectivity index (χ0v) is 14.8. The van der Waals surface area contributed by atoms with E-state index in [-0.39, 0.29) is 6.10 Å². The van der Waals surface area contributed by atoms with Crippen LogP contribution in [0.5, 0.6) is 5.75 Å². The number of benzene rings is 1. The summed E-state index contributed by atoms with van der Waals surface area (Å²) < 4.78 is 16.9. The van der Waals surface area contributed by atoms with Gasteiger partial charge in [0.05, 0.1) is 29.1 Å². The first kappa shape index (κ1) is 17.4. The average Bonchev–Trinajstić information content (AvgIpc) is 3.01. The van der Waals surface area contributed by atoms with E-state index in [0.717, 1.165) is 28.0 Å². The highest BCUT2D eigenvalue weighted by Gasteiger charge is 2.15. The van der Waals surface area contributed by atoms with Crippen molar-refractivity contribution in [1.29, 1.82) is 0 Å². The highest BCUT2D eigenvalue weighted by atomic mass is 16.5. The number of nitrogens with one attached hydrogen (secondary N) is 1. The lowest BCUT2D eigenvalue weighted by molar-refractivity contribution is 0.0556. The number of pyridine rings is 1. The smallest absolute Gasteiger partial charge is 0.152 e. The number of fused-ring (bicyclic) bond motifs is 3. The maximum Gasteiger partial charge on any atom is 0.152 e. The number of nitrogens with two attached hydrogens (primary N) is 1. The SMILES string of the molecule is CCOCc1nc2c(N)nc3cccc(OCCOC(C)C)c3c2[nH]1. The van der Waals surface area contributed by atoms with Crippen LogP contribution in [0, 0.1) is 0 Å². The van der Waals surface area contributed by atoms with Crippen molar-refractivity contribution < 1.29 is 14.2 Å². The topological polar surface area (TPSA) is 95.3 Å². The van der Waals surface area contributed by atoms with Crippen LogP contribution in [0.25, 0.3) is 21.9 Å². The number of H-pyrrole nitrogens is 1. The number of ether oxygens (including phenoxy) is 3. The number of nitrogens with zero attached hydrogens (tertiary/aromatic N) is 2. The Hall–Kier alpha value is -2.38. The molecule has 3 aromatic rings. The van der Waals surface area contributed by atoms with Crippen molar-refractivity contribution in [2.24, 2.45) is 0 Å². The van der Waals surface area contributed by atoms with Gasteiger partial charge in [0.1, 0.15) is 30.3 Å². The number of imidazole rings is 1. The lowest BCUT2D eigenvalue weighted by Gasteiger charge is -2.11. The number of hydrogen-bond donors (Lipinski definition) is 2. The van der Waals surface area contributed by atoms with Crippen LogP contribution in [0.4, 0.5) is 5.82 Å². The van der Waals surface area contributed by atoms with Gasteiger partial charge in [0.15, 0.2) is 5.82 Å². The minimum absolute atomic E-state index is 0.179. The maximum atomic E-state index is 6.07. The summed E-state index contributed by atoms with van der Waals surface area (Å²) in [6.07, 6.45) is 0.179. The van der Waals surface area contributed by atoms with E-state index in [2.05, 4.69) is 15.0 Å². The lowest BCUT2D eigenvalue weighted by atomic mass is 10.1. The second-order valence-corrected chi connectivity index (χ2v) is 5.96. The molecule has 2 heterocycles. The van der Waals surface area contributed by atoms with Gasteiger partial charge in [-0.2, -0.15) is 0 Å². The Labute approximate surface area is 146 Å². The van der Waals surface area contributed by atoms with Gasteiger partial charge in [0, 0.05) is 6.61 Å². The van der Waals surface area contributed by atoms with E-state index in [9.17, 15) is 0 Å². The quantitative estimate of drug-likeness (QED) is 0.610. The normalized spacial score (nSPS) is 11.7. The third-order valence-corrected chi connectivity index (χ3v) is 3.73. The molecule has 25 heavy (non-hydrogen) atoms. The van der Waals surface area contributed by atoms with Crippen molar-refractivity contribution in [3.63, 3.8) is 0 Å². The van der Waals surface area contributed by atoms with Crippen LogP contribution >= 0.6 is 0 Å². The number of rotatable bonds is 8. The van der Waals surface area contributed by atoms with Crippen LogP contribution in [-0.2, 0) is 16.1 Å². The summed E-state index contributed by atoms with van der Waals surface area (Å²) in [6, 6.07) is 5.72. The predicted octanol–water partition coefficient (Wildman–Crippen LogP) is 3.03. The molecule has 3 N–H and O–H groups in total. The summed E-state index contributed by atoms with van der Waals surface area (Å²) in [5.41, 5.74) is 8.29. The van der Waals surface area contributed by atoms with Crippen molar-refractivity contribution in [3.8, 4) is 5.75 Å². The number of aromatic amines is 1. The van der Waals surface area contributed by atoms with Crippen molar-refractivity contribution >= 4 is 27.8 Å². The van der Waals surface area contributed by atoms with Crippen LogP contribution in [0.3, 0.4) is 0 Å². The molecule has 1 aromatic carbocycles. The van der Waals surface area contributed by atoms with Gasteiger partial charge in [-0.15, -0.1) is 0 Å². The van der Waals surface area contributed by atoms with Gasteiger partial charge in [0.25, 0.3) is 0 Å². The molecular formula is C18H24N4O3. The highest BCUT2D eigenvalue weighted by Crippen LogP contribution is 2.33. The van der Waals surface area contributed by atoms with Crippen LogP contribution in [0.2, 0.25) is 0 Å². The minimum Gasteiger partial charge on any atom is -0.490 e. The Morgan fingerprint density at radius 1 is 1.20 bits per heavy atom. The molecule has 0 aliphatic rings. The van der Waals surface area contributed by atoms with Gasteiger partial charge < -0.3 is 24.9 Å². The summed E-state index contributed by atoms with van der Waals surface area (Å²) in [4.78, 5) is 12.3. The van der Waals surface area contributed by atoms with Crippen LogP contribution in [-0.4, -0.2) is 40.9 Å².